The van der Waals surface area contributed by atoms with E-state index in [1.807, 2.05) is 6.92 Å². The van der Waals surface area contributed by atoms with Crippen molar-refractivity contribution in [1.29, 1.82) is 0 Å². The van der Waals surface area contributed by atoms with Crippen molar-refractivity contribution in [3.05, 3.63) is 0 Å². The number of unbranched alkanes of at least 4 members (excludes halogenated alkanes) is 3. The molecule has 0 heterocycles. The highest BCUT2D eigenvalue weighted by atomic mass is 17.9. The van der Waals surface area contributed by atoms with Crippen LogP contribution in [0.2, 0.25) is 0 Å². The zero-order valence-corrected chi connectivity index (χ0v) is 10.1. The fourth-order valence-corrected chi connectivity index (χ4v) is 1.21. The van der Waals surface area contributed by atoms with Crippen molar-refractivity contribution < 1.29 is 40.4 Å². The van der Waals surface area contributed by atoms with Gasteiger partial charge < -0.3 is 0 Å². The Morgan fingerprint density at radius 3 is 2.35 bits per heavy atom. The first-order chi connectivity index (χ1) is 8.31. The van der Waals surface area contributed by atoms with Crippen LogP contribution < -0.4 is 0 Å². The molecule has 0 saturated carbocycles. The van der Waals surface area contributed by atoms with Gasteiger partial charge in [0.2, 0.25) is 0 Å². The van der Waals surface area contributed by atoms with Crippen molar-refractivity contribution >= 4 is 0 Å². The standard InChI is InChI=1S/C9H20O8/c1-3-4-5-6-7-9(2)8-11-13-15-17-16-14-12-10/h9-10H,3-8H2,1-2H3. The van der Waals surface area contributed by atoms with Crippen LogP contribution in [0.4, 0.5) is 0 Å². The van der Waals surface area contributed by atoms with E-state index in [2.05, 4.69) is 42.0 Å². The molecule has 8 heteroatoms. The van der Waals surface area contributed by atoms with Gasteiger partial charge in [-0.2, -0.15) is 0 Å². The summed E-state index contributed by atoms with van der Waals surface area (Å²) in [5, 5.41) is 29.3. The van der Waals surface area contributed by atoms with Gasteiger partial charge in [-0.15, -0.1) is 0 Å². The summed E-state index contributed by atoms with van der Waals surface area (Å²) < 4.78 is 0. The molecule has 0 aromatic carbocycles. The Balaban J connectivity index is 3.08. The Labute approximate surface area is 99.8 Å². The van der Waals surface area contributed by atoms with Crippen LogP contribution in [0.25, 0.3) is 0 Å². The minimum absolute atomic E-state index is 0.355. The van der Waals surface area contributed by atoms with E-state index in [1.165, 1.54) is 25.7 Å². The van der Waals surface area contributed by atoms with Gasteiger partial charge in [0.1, 0.15) is 0 Å². The molecule has 0 saturated heterocycles. The highest BCUT2D eigenvalue weighted by Gasteiger charge is 2.03. The first kappa shape index (κ1) is 16.7. The number of hydrogen-bond acceptors (Lipinski definition) is 8. The van der Waals surface area contributed by atoms with E-state index in [0.29, 0.717) is 12.5 Å². The second-order valence-electron chi connectivity index (χ2n) is 3.65. The lowest BCUT2D eigenvalue weighted by Gasteiger charge is -2.09. The van der Waals surface area contributed by atoms with Gasteiger partial charge in [0.25, 0.3) is 0 Å². The summed E-state index contributed by atoms with van der Waals surface area (Å²) >= 11 is 0. The molecule has 1 unspecified atom stereocenters. The van der Waals surface area contributed by atoms with Crippen molar-refractivity contribution in [1.82, 2.24) is 0 Å². The quantitative estimate of drug-likeness (QED) is 0.306. The largest absolute Gasteiger partial charge is 0.219 e. The van der Waals surface area contributed by atoms with Crippen LogP contribution in [-0.4, -0.2) is 11.9 Å². The maximum atomic E-state index is 7.61. The molecule has 17 heavy (non-hydrogen) atoms. The fraction of sp³-hybridized carbons (Fsp3) is 1.00. The lowest BCUT2D eigenvalue weighted by molar-refractivity contribution is -0.812. The molecule has 0 aliphatic carbocycles. The van der Waals surface area contributed by atoms with Crippen LogP contribution in [-0.2, 0) is 35.1 Å². The smallest absolute Gasteiger partial charge is 0.0880 e. The predicted molar refractivity (Wildman–Crippen MR) is 53.0 cm³/mol. The Hall–Kier alpha value is -0.320. The zero-order valence-electron chi connectivity index (χ0n) is 10.1. The maximum Gasteiger partial charge on any atom is 0.0880 e. The molecule has 0 amide bonds. The predicted octanol–water partition coefficient (Wildman–Crippen LogP) is 2.67. The molecule has 0 spiro atoms. The van der Waals surface area contributed by atoms with Crippen LogP contribution in [0.5, 0.6) is 0 Å². The fourth-order valence-electron chi connectivity index (χ4n) is 1.21. The Morgan fingerprint density at radius 1 is 0.941 bits per heavy atom. The molecular weight excluding hydrogens is 236 g/mol. The molecule has 0 bridgehead atoms. The van der Waals surface area contributed by atoms with Crippen molar-refractivity contribution in [3.8, 4) is 0 Å². The lowest BCUT2D eigenvalue weighted by Crippen LogP contribution is -2.08. The molecule has 8 nitrogen and oxygen atoms in total. The summed E-state index contributed by atoms with van der Waals surface area (Å²) in [6.07, 6.45) is 5.93. The highest BCUT2D eigenvalue weighted by Crippen LogP contribution is 2.10. The molecule has 0 aromatic heterocycles. The first-order valence-electron chi connectivity index (χ1n) is 5.57. The van der Waals surface area contributed by atoms with Crippen molar-refractivity contribution in [3.63, 3.8) is 0 Å². The third kappa shape index (κ3) is 13.6. The SMILES string of the molecule is CCCCCCC(C)COOOOOOOO. The van der Waals surface area contributed by atoms with Gasteiger partial charge in [-0.1, -0.05) is 39.5 Å². The second-order valence-corrected chi connectivity index (χ2v) is 3.65. The zero-order chi connectivity index (χ0) is 12.8. The van der Waals surface area contributed by atoms with Crippen LogP contribution >= 0.6 is 0 Å². The van der Waals surface area contributed by atoms with Gasteiger partial charge in [-0.05, 0) is 42.6 Å². The summed E-state index contributed by atoms with van der Waals surface area (Å²) in [5.41, 5.74) is 0. The summed E-state index contributed by atoms with van der Waals surface area (Å²) in [5.74, 6) is 0.355. The Morgan fingerprint density at radius 2 is 1.65 bits per heavy atom. The van der Waals surface area contributed by atoms with Crippen LogP contribution in [0.15, 0.2) is 0 Å². The van der Waals surface area contributed by atoms with Gasteiger partial charge in [0.15, 0.2) is 0 Å². The van der Waals surface area contributed by atoms with E-state index in [-0.39, 0.29) is 0 Å². The molecule has 0 fully saturated rings. The van der Waals surface area contributed by atoms with Gasteiger partial charge in [0.05, 0.1) is 6.61 Å². The molecule has 0 rings (SSSR count). The van der Waals surface area contributed by atoms with Crippen LogP contribution in [0.3, 0.4) is 0 Å². The molecule has 0 aliphatic rings. The Bertz CT molecular complexity index is 145. The van der Waals surface area contributed by atoms with E-state index in [0.717, 1.165) is 6.42 Å². The van der Waals surface area contributed by atoms with Crippen molar-refractivity contribution in [2.75, 3.05) is 6.61 Å². The third-order valence-corrected chi connectivity index (χ3v) is 2.09. The lowest BCUT2D eigenvalue weighted by atomic mass is 10.0. The molecule has 1 N–H and O–H groups in total. The van der Waals surface area contributed by atoms with Gasteiger partial charge in [-0.3, -0.25) is 0 Å². The minimum atomic E-state index is 0.355. The average Bonchev–Trinajstić information content (AvgIpc) is 2.33. The Kier molecular flexibility index (Phi) is 13.5. The second kappa shape index (κ2) is 13.7. The molecule has 0 aromatic rings. The summed E-state index contributed by atoms with van der Waals surface area (Å²) in [7, 11) is 0. The molecule has 0 radical (unpaired) electrons. The normalized spacial score (nSPS) is 12.9. The molecule has 1 atom stereocenters. The van der Waals surface area contributed by atoms with E-state index < -0.39 is 0 Å². The van der Waals surface area contributed by atoms with E-state index in [1.54, 1.807) is 0 Å². The van der Waals surface area contributed by atoms with E-state index in [4.69, 9.17) is 5.26 Å². The summed E-state index contributed by atoms with van der Waals surface area (Å²) in [6.45, 7) is 4.58. The van der Waals surface area contributed by atoms with Gasteiger partial charge in [-0.25, -0.2) is 10.1 Å². The molecule has 0 aliphatic heterocycles. The maximum absolute atomic E-state index is 7.61. The average molecular weight is 256 g/mol. The first-order valence-corrected chi connectivity index (χ1v) is 5.57. The van der Waals surface area contributed by atoms with Gasteiger partial charge >= 0.3 is 0 Å². The topological polar surface area (TPSA) is 84.8 Å². The highest BCUT2D eigenvalue weighted by molar-refractivity contribution is 4.51. The molecular formula is C9H20O8. The third-order valence-electron chi connectivity index (χ3n) is 2.09. The monoisotopic (exact) mass is 256 g/mol. The van der Waals surface area contributed by atoms with E-state index in [9.17, 15) is 0 Å². The van der Waals surface area contributed by atoms with Crippen molar-refractivity contribution in [2.45, 2.75) is 46.0 Å². The number of hydrogen-bond donors (Lipinski definition) is 1. The minimum Gasteiger partial charge on any atom is -0.219 e. The van der Waals surface area contributed by atoms with Gasteiger partial charge in [0, 0.05) is 0 Å². The van der Waals surface area contributed by atoms with Crippen LogP contribution in [0, 0.1) is 5.92 Å². The van der Waals surface area contributed by atoms with Crippen molar-refractivity contribution in [2.24, 2.45) is 5.92 Å². The number of rotatable bonds is 13. The molecule has 104 valence electrons. The summed E-state index contributed by atoms with van der Waals surface area (Å²) in [6, 6.07) is 0. The summed E-state index contributed by atoms with van der Waals surface area (Å²) in [4.78, 5) is 4.65. The van der Waals surface area contributed by atoms with E-state index >= 15 is 0 Å². The van der Waals surface area contributed by atoms with Crippen LogP contribution in [0.1, 0.15) is 46.0 Å².